The van der Waals surface area contributed by atoms with Gasteiger partial charge in [0.05, 0.1) is 15.7 Å². The molecule has 0 unspecified atom stereocenters. The Morgan fingerprint density at radius 3 is 2.55 bits per heavy atom. The van der Waals surface area contributed by atoms with Crippen LogP contribution in [0.15, 0.2) is 53.0 Å². The molecule has 0 bridgehead atoms. The molecule has 0 atom stereocenters. The monoisotopic (exact) mass is 449 g/mol. The molecule has 2 aromatic heterocycles. The predicted octanol–water partition coefficient (Wildman–Crippen LogP) is 5.44. The summed E-state index contributed by atoms with van der Waals surface area (Å²) in [6, 6.07) is 16.4. The number of aromatic amines is 1. The molecule has 0 aliphatic carbocycles. The van der Waals surface area contributed by atoms with E-state index >= 15 is 0 Å². The lowest BCUT2D eigenvalue weighted by Gasteiger charge is -2.15. The Bertz CT molecular complexity index is 1150. The molecule has 5 rings (SSSR count). The first kappa shape index (κ1) is 18.6. The normalized spacial score (nSPS) is 14.8. The minimum absolute atomic E-state index is 0.703. The van der Waals surface area contributed by atoms with E-state index in [0.717, 1.165) is 57.3 Å². The highest BCUT2D eigenvalue weighted by Gasteiger charge is 2.16. The van der Waals surface area contributed by atoms with Crippen LogP contribution in [0.25, 0.3) is 33.3 Å². The number of likely N-dealkylation sites (tertiary alicyclic amines) is 1. The SMILES string of the molecule is Brc1c(-c2nc(NCCCN3CCCC3)c3ccccc3n2)[nH]c2ccccc12. The van der Waals surface area contributed by atoms with Crippen molar-refractivity contribution in [2.75, 3.05) is 31.5 Å². The number of fused-ring (bicyclic) bond motifs is 2. The minimum atomic E-state index is 0.703. The summed E-state index contributed by atoms with van der Waals surface area (Å²) >= 11 is 3.74. The van der Waals surface area contributed by atoms with E-state index < -0.39 is 0 Å². The van der Waals surface area contributed by atoms with E-state index in [1.807, 2.05) is 30.3 Å². The van der Waals surface area contributed by atoms with Crippen molar-refractivity contribution in [2.45, 2.75) is 19.3 Å². The summed E-state index contributed by atoms with van der Waals surface area (Å²) < 4.78 is 1.00. The molecule has 6 heteroatoms. The van der Waals surface area contributed by atoms with Gasteiger partial charge in [-0.1, -0.05) is 30.3 Å². The summed E-state index contributed by atoms with van der Waals surface area (Å²) in [6.45, 7) is 4.55. The van der Waals surface area contributed by atoms with Gasteiger partial charge in [-0.25, -0.2) is 9.97 Å². The smallest absolute Gasteiger partial charge is 0.179 e. The first-order valence-corrected chi connectivity index (χ1v) is 11.1. The summed E-state index contributed by atoms with van der Waals surface area (Å²) in [7, 11) is 0. The van der Waals surface area contributed by atoms with Gasteiger partial charge in [-0.3, -0.25) is 0 Å². The van der Waals surface area contributed by atoms with Crippen LogP contribution in [0.5, 0.6) is 0 Å². The number of hydrogen-bond acceptors (Lipinski definition) is 4. The maximum atomic E-state index is 4.90. The summed E-state index contributed by atoms with van der Waals surface area (Å²) in [5, 5.41) is 5.77. The molecule has 0 saturated carbocycles. The standard InChI is InChI=1S/C23H24BrN5/c24-20-16-8-1-3-10-18(16)26-21(20)23-27-19-11-4-2-9-17(19)22(28-23)25-12-7-15-29-13-5-6-14-29/h1-4,8-11,26H,5-7,12-15H2,(H,25,27,28). The molecular formula is C23H24BrN5. The number of para-hydroxylation sites is 2. The Kier molecular flexibility index (Phi) is 5.21. The Morgan fingerprint density at radius 2 is 1.72 bits per heavy atom. The van der Waals surface area contributed by atoms with Crippen molar-refractivity contribution in [2.24, 2.45) is 0 Å². The Morgan fingerprint density at radius 1 is 0.966 bits per heavy atom. The molecule has 5 nitrogen and oxygen atoms in total. The second kappa shape index (κ2) is 8.13. The fourth-order valence-corrected chi connectivity index (χ4v) is 4.72. The molecule has 148 valence electrons. The maximum Gasteiger partial charge on any atom is 0.179 e. The maximum absolute atomic E-state index is 4.90. The number of halogens is 1. The minimum Gasteiger partial charge on any atom is -0.369 e. The fraction of sp³-hybridized carbons (Fsp3) is 0.304. The van der Waals surface area contributed by atoms with Crippen molar-refractivity contribution in [1.82, 2.24) is 19.9 Å². The van der Waals surface area contributed by atoms with Crippen molar-refractivity contribution in [3.63, 3.8) is 0 Å². The zero-order valence-corrected chi connectivity index (χ0v) is 17.9. The summed E-state index contributed by atoms with van der Waals surface area (Å²) in [4.78, 5) is 15.8. The number of aromatic nitrogens is 3. The third-order valence-electron chi connectivity index (χ3n) is 5.61. The van der Waals surface area contributed by atoms with E-state index in [4.69, 9.17) is 9.97 Å². The molecule has 0 spiro atoms. The molecule has 1 fully saturated rings. The van der Waals surface area contributed by atoms with Gasteiger partial charge in [-0.2, -0.15) is 0 Å². The number of anilines is 1. The average Bonchev–Trinajstić information content (AvgIpc) is 3.39. The van der Waals surface area contributed by atoms with Crippen molar-refractivity contribution in [3.8, 4) is 11.5 Å². The summed E-state index contributed by atoms with van der Waals surface area (Å²) in [6.07, 6.45) is 3.79. The number of rotatable bonds is 6. The van der Waals surface area contributed by atoms with Crippen LogP contribution in [0.1, 0.15) is 19.3 Å². The highest BCUT2D eigenvalue weighted by Crippen LogP contribution is 2.34. The van der Waals surface area contributed by atoms with Crippen LogP contribution in [0, 0.1) is 0 Å². The van der Waals surface area contributed by atoms with Crippen molar-refractivity contribution in [1.29, 1.82) is 0 Å². The van der Waals surface area contributed by atoms with Crippen LogP contribution in [-0.2, 0) is 0 Å². The lowest BCUT2D eigenvalue weighted by Crippen LogP contribution is -2.22. The largest absolute Gasteiger partial charge is 0.369 e. The molecule has 4 aromatic rings. The number of H-pyrrole nitrogens is 1. The van der Waals surface area contributed by atoms with Gasteiger partial charge in [0, 0.05) is 22.8 Å². The van der Waals surface area contributed by atoms with E-state index in [9.17, 15) is 0 Å². The van der Waals surface area contributed by atoms with Crippen molar-refractivity contribution >= 4 is 43.6 Å². The lowest BCUT2D eigenvalue weighted by molar-refractivity contribution is 0.337. The number of hydrogen-bond donors (Lipinski definition) is 2. The van der Waals surface area contributed by atoms with Gasteiger partial charge < -0.3 is 15.2 Å². The molecule has 29 heavy (non-hydrogen) atoms. The Labute approximate surface area is 178 Å². The third kappa shape index (κ3) is 3.74. The van der Waals surface area contributed by atoms with Crippen LogP contribution >= 0.6 is 15.9 Å². The molecule has 1 saturated heterocycles. The van der Waals surface area contributed by atoms with E-state index in [1.54, 1.807) is 0 Å². The molecule has 1 aliphatic heterocycles. The quantitative estimate of drug-likeness (QED) is 0.384. The molecule has 0 amide bonds. The second-order valence-corrected chi connectivity index (χ2v) is 8.39. The fourth-order valence-electron chi connectivity index (χ4n) is 4.10. The molecule has 3 heterocycles. The molecular weight excluding hydrogens is 426 g/mol. The van der Waals surface area contributed by atoms with Crippen LogP contribution in [0.2, 0.25) is 0 Å². The topological polar surface area (TPSA) is 56.8 Å². The number of benzene rings is 2. The second-order valence-electron chi connectivity index (χ2n) is 7.60. The molecule has 1 aliphatic rings. The van der Waals surface area contributed by atoms with Crippen LogP contribution in [0.3, 0.4) is 0 Å². The first-order valence-electron chi connectivity index (χ1n) is 10.3. The average molecular weight is 450 g/mol. The van der Waals surface area contributed by atoms with Crippen LogP contribution in [0.4, 0.5) is 5.82 Å². The van der Waals surface area contributed by atoms with Crippen LogP contribution < -0.4 is 5.32 Å². The van der Waals surface area contributed by atoms with Crippen molar-refractivity contribution < 1.29 is 0 Å². The van der Waals surface area contributed by atoms with Gasteiger partial charge in [-0.05, 0) is 73.0 Å². The Hall–Kier alpha value is -2.44. The van der Waals surface area contributed by atoms with E-state index in [-0.39, 0.29) is 0 Å². The highest BCUT2D eigenvalue weighted by molar-refractivity contribution is 9.10. The van der Waals surface area contributed by atoms with Gasteiger partial charge in [-0.15, -0.1) is 0 Å². The van der Waals surface area contributed by atoms with Crippen molar-refractivity contribution in [3.05, 3.63) is 53.0 Å². The number of nitrogens with one attached hydrogen (secondary N) is 2. The van der Waals surface area contributed by atoms with Gasteiger partial charge in [0.15, 0.2) is 5.82 Å². The molecule has 2 N–H and O–H groups in total. The van der Waals surface area contributed by atoms with Gasteiger partial charge in [0.2, 0.25) is 0 Å². The molecule has 2 aromatic carbocycles. The molecule has 0 radical (unpaired) electrons. The number of nitrogens with zero attached hydrogens (tertiary/aromatic N) is 3. The summed E-state index contributed by atoms with van der Waals surface area (Å²) in [5.41, 5.74) is 2.94. The first-order chi connectivity index (χ1) is 14.3. The van der Waals surface area contributed by atoms with E-state index in [2.05, 4.69) is 49.3 Å². The Balaban J connectivity index is 1.45. The zero-order valence-electron chi connectivity index (χ0n) is 16.3. The third-order valence-corrected chi connectivity index (χ3v) is 6.44. The van der Waals surface area contributed by atoms with Gasteiger partial charge >= 0.3 is 0 Å². The van der Waals surface area contributed by atoms with Gasteiger partial charge in [0.1, 0.15) is 5.82 Å². The highest BCUT2D eigenvalue weighted by atomic mass is 79.9. The zero-order chi connectivity index (χ0) is 19.6. The predicted molar refractivity (Wildman–Crippen MR) is 123 cm³/mol. The van der Waals surface area contributed by atoms with Gasteiger partial charge in [0.25, 0.3) is 0 Å². The lowest BCUT2D eigenvalue weighted by atomic mass is 10.2. The summed E-state index contributed by atoms with van der Waals surface area (Å²) in [5.74, 6) is 1.60. The van der Waals surface area contributed by atoms with E-state index in [1.165, 1.54) is 25.9 Å². The van der Waals surface area contributed by atoms with E-state index in [0.29, 0.717) is 5.82 Å². The van der Waals surface area contributed by atoms with Crippen LogP contribution in [-0.4, -0.2) is 46.0 Å².